The summed E-state index contributed by atoms with van der Waals surface area (Å²) in [7, 11) is 4.52. The number of aromatic nitrogens is 4. The van der Waals surface area contributed by atoms with Crippen LogP contribution >= 0.6 is 0 Å². The number of rotatable bonds is 3. The van der Waals surface area contributed by atoms with Crippen LogP contribution in [0.3, 0.4) is 0 Å². The van der Waals surface area contributed by atoms with E-state index in [0.29, 0.717) is 5.69 Å². The lowest BCUT2D eigenvalue weighted by Crippen LogP contribution is -2.09. The number of imidazole rings is 1. The van der Waals surface area contributed by atoms with Gasteiger partial charge in [0.05, 0.1) is 38.6 Å². The Kier molecular flexibility index (Phi) is 3.22. The molecule has 2 aromatic heterocycles. The Bertz CT molecular complexity index is 579. The Labute approximate surface area is 103 Å². The van der Waals surface area contributed by atoms with E-state index in [1.807, 2.05) is 7.05 Å². The van der Waals surface area contributed by atoms with Gasteiger partial charge in [0, 0.05) is 7.05 Å². The Morgan fingerprint density at radius 2 is 2.11 bits per heavy atom. The maximum absolute atomic E-state index is 11.6. The van der Waals surface area contributed by atoms with Crippen molar-refractivity contribution in [1.29, 1.82) is 0 Å². The fourth-order valence-corrected chi connectivity index (χ4v) is 1.48. The monoisotopic (exact) mass is 248 g/mol. The first-order valence-corrected chi connectivity index (χ1v) is 5.13. The third-order valence-corrected chi connectivity index (χ3v) is 2.39. The zero-order valence-electron chi connectivity index (χ0n) is 10.2. The molecule has 18 heavy (non-hydrogen) atoms. The summed E-state index contributed by atoms with van der Waals surface area (Å²) in [5, 5.41) is 0. The van der Waals surface area contributed by atoms with Crippen LogP contribution < -0.4 is 4.74 Å². The summed E-state index contributed by atoms with van der Waals surface area (Å²) < 4.78 is 11.4. The molecule has 0 saturated heterocycles. The quantitative estimate of drug-likeness (QED) is 0.743. The molecule has 7 heteroatoms. The first kappa shape index (κ1) is 12.0. The average molecular weight is 248 g/mol. The lowest BCUT2D eigenvalue weighted by molar-refractivity contribution is 0.0589. The van der Waals surface area contributed by atoms with Gasteiger partial charge in [-0.3, -0.25) is 0 Å². The van der Waals surface area contributed by atoms with Crippen molar-refractivity contribution < 1.29 is 14.3 Å². The molecular formula is C11H12N4O3. The molecule has 0 spiro atoms. The fourth-order valence-electron chi connectivity index (χ4n) is 1.48. The summed E-state index contributed by atoms with van der Waals surface area (Å²) in [4.78, 5) is 23.8. The highest BCUT2D eigenvalue weighted by molar-refractivity contribution is 5.90. The largest absolute Gasteiger partial charge is 0.479 e. The average Bonchev–Trinajstić information content (AvgIpc) is 2.83. The predicted octanol–water partition coefficient (Wildman–Crippen LogP) is 0.672. The minimum absolute atomic E-state index is 0.0405. The number of methoxy groups -OCH3 is 2. The number of hydrogen-bond acceptors (Lipinski definition) is 6. The molecule has 0 atom stereocenters. The number of ether oxygens (including phenoxy) is 2. The van der Waals surface area contributed by atoms with Gasteiger partial charge in [-0.15, -0.1) is 0 Å². The van der Waals surface area contributed by atoms with E-state index in [1.165, 1.54) is 20.4 Å². The Hall–Kier alpha value is -2.44. The smallest absolute Gasteiger partial charge is 0.362 e. The number of esters is 1. The minimum atomic E-state index is -0.594. The molecular weight excluding hydrogens is 236 g/mol. The maximum Gasteiger partial charge on any atom is 0.362 e. The molecule has 0 radical (unpaired) electrons. The van der Waals surface area contributed by atoms with E-state index >= 15 is 0 Å². The van der Waals surface area contributed by atoms with Crippen LogP contribution in [0.4, 0.5) is 0 Å². The summed E-state index contributed by atoms with van der Waals surface area (Å²) in [5.74, 6) is -0.462. The van der Waals surface area contributed by atoms with Gasteiger partial charge in [0.2, 0.25) is 11.6 Å². The van der Waals surface area contributed by atoms with Crippen LogP contribution in [0.15, 0.2) is 18.7 Å². The molecule has 0 N–H and O–H groups in total. The second kappa shape index (κ2) is 4.82. The van der Waals surface area contributed by atoms with Crippen molar-refractivity contribution in [3.05, 3.63) is 24.4 Å². The van der Waals surface area contributed by atoms with Gasteiger partial charge in [-0.25, -0.2) is 19.7 Å². The Morgan fingerprint density at radius 1 is 1.33 bits per heavy atom. The third kappa shape index (κ3) is 2.02. The van der Waals surface area contributed by atoms with Crippen molar-refractivity contribution in [2.24, 2.45) is 7.05 Å². The molecule has 2 rings (SSSR count). The summed E-state index contributed by atoms with van der Waals surface area (Å²) in [6, 6.07) is 0. The fraction of sp³-hybridized carbons (Fsp3) is 0.273. The topological polar surface area (TPSA) is 79.1 Å². The van der Waals surface area contributed by atoms with Gasteiger partial charge in [0.1, 0.15) is 5.69 Å². The van der Waals surface area contributed by atoms with Crippen molar-refractivity contribution in [2.75, 3.05) is 14.2 Å². The maximum atomic E-state index is 11.6. The first-order chi connectivity index (χ1) is 8.67. The molecule has 0 unspecified atom stereocenters. The van der Waals surface area contributed by atoms with Crippen LogP contribution in [-0.4, -0.2) is 39.7 Å². The van der Waals surface area contributed by atoms with Crippen molar-refractivity contribution in [2.45, 2.75) is 0 Å². The number of nitrogens with zero attached hydrogens (tertiary/aromatic N) is 4. The molecule has 2 heterocycles. The van der Waals surface area contributed by atoms with Crippen LogP contribution in [0.1, 0.15) is 10.5 Å². The molecule has 0 aliphatic rings. The highest BCUT2D eigenvalue weighted by atomic mass is 16.5. The van der Waals surface area contributed by atoms with E-state index in [9.17, 15) is 4.79 Å². The van der Waals surface area contributed by atoms with Crippen molar-refractivity contribution in [3.63, 3.8) is 0 Å². The predicted molar refractivity (Wildman–Crippen MR) is 62.1 cm³/mol. The van der Waals surface area contributed by atoms with Crippen LogP contribution in [-0.2, 0) is 11.8 Å². The molecule has 7 nitrogen and oxygen atoms in total. The van der Waals surface area contributed by atoms with Gasteiger partial charge >= 0.3 is 5.97 Å². The zero-order valence-corrected chi connectivity index (χ0v) is 10.2. The second-order valence-corrected chi connectivity index (χ2v) is 3.49. The highest BCUT2D eigenvalue weighted by Gasteiger charge is 2.18. The molecule has 0 saturated carbocycles. The van der Waals surface area contributed by atoms with E-state index < -0.39 is 5.97 Å². The van der Waals surface area contributed by atoms with Gasteiger partial charge in [0.15, 0.2) is 0 Å². The molecule has 0 aliphatic carbocycles. The van der Waals surface area contributed by atoms with E-state index in [1.54, 1.807) is 17.1 Å². The molecule has 0 aromatic carbocycles. The molecule has 0 amide bonds. The van der Waals surface area contributed by atoms with E-state index in [4.69, 9.17) is 4.74 Å². The third-order valence-electron chi connectivity index (χ3n) is 2.39. The summed E-state index contributed by atoms with van der Waals surface area (Å²) in [6.45, 7) is 0. The van der Waals surface area contributed by atoms with Crippen molar-refractivity contribution >= 4 is 5.97 Å². The van der Waals surface area contributed by atoms with Crippen LogP contribution in [0.2, 0.25) is 0 Å². The molecule has 0 aliphatic heterocycles. The van der Waals surface area contributed by atoms with E-state index in [2.05, 4.69) is 19.7 Å². The van der Waals surface area contributed by atoms with Crippen LogP contribution in [0.5, 0.6) is 5.88 Å². The molecule has 2 aromatic rings. The zero-order chi connectivity index (χ0) is 13.1. The number of carbonyl (C=O) groups excluding carboxylic acids is 1. The van der Waals surface area contributed by atoms with Gasteiger partial charge in [-0.2, -0.15) is 0 Å². The molecule has 0 fully saturated rings. The lowest BCUT2D eigenvalue weighted by Gasteiger charge is -2.07. The van der Waals surface area contributed by atoms with Crippen molar-refractivity contribution in [1.82, 2.24) is 19.5 Å². The van der Waals surface area contributed by atoms with Gasteiger partial charge in [0.25, 0.3) is 0 Å². The number of aryl methyl sites for hydroxylation is 1. The summed E-state index contributed by atoms with van der Waals surface area (Å²) in [5.41, 5.74) is 1.31. The highest BCUT2D eigenvalue weighted by Crippen LogP contribution is 2.20. The normalized spacial score (nSPS) is 10.2. The summed E-state index contributed by atoms with van der Waals surface area (Å²) >= 11 is 0. The SMILES string of the molecule is COC(=O)c1nc(-c2cncn2C)cnc1OC. The molecule has 94 valence electrons. The van der Waals surface area contributed by atoms with E-state index in [-0.39, 0.29) is 11.6 Å². The van der Waals surface area contributed by atoms with Crippen molar-refractivity contribution in [3.8, 4) is 17.3 Å². The Balaban J connectivity index is 2.53. The Morgan fingerprint density at radius 3 is 2.67 bits per heavy atom. The second-order valence-electron chi connectivity index (χ2n) is 3.49. The number of hydrogen-bond donors (Lipinski definition) is 0. The van der Waals surface area contributed by atoms with Crippen LogP contribution in [0.25, 0.3) is 11.4 Å². The van der Waals surface area contributed by atoms with Gasteiger partial charge < -0.3 is 14.0 Å². The standard InChI is InChI=1S/C11H12N4O3/c1-15-6-12-5-8(15)7-4-13-10(17-2)9(14-7)11(16)18-3/h4-6H,1-3H3. The van der Waals surface area contributed by atoms with Crippen LogP contribution in [0, 0.1) is 0 Å². The summed E-state index contributed by atoms with van der Waals surface area (Å²) in [6.07, 6.45) is 4.79. The van der Waals surface area contributed by atoms with Gasteiger partial charge in [-0.05, 0) is 0 Å². The van der Waals surface area contributed by atoms with Gasteiger partial charge in [-0.1, -0.05) is 0 Å². The number of carbonyl (C=O) groups is 1. The molecule has 0 bridgehead atoms. The lowest BCUT2D eigenvalue weighted by atomic mass is 10.3. The minimum Gasteiger partial charge on any atom is -0.479 e. The first-order valence-electron chi connectivity index (χ1n) is 5.13. The van der Waals surface area contributed by atoms with E-state index in [0.717, 1.165) is 5.69 Å².